The Balaban J connectivity index is 2.26. The van der Waals surface area contributed by atoms with Gasteiger partial charge in [0.25, 0.3) is 0 Å². The molecule has 0 radical (unpaired) electrons. The lowest BCUT2D eigenvalue weighted by atomic mass is 10.2. The topological polar surface area (TPSA) is 26.0 Å². The number of oxazole rings is 1. The minimum atomic E-state index is 0.499. The monoisotopic (exact) mass is 277 g/mol. The lowest BCUT2D eigenvalue weighted by Gasteiger charge is -1.92. The Morgan fingerprint density at radius 2 is 2.00 bits per heavy atom. The molecule has 0 spiro atoms. The molecule has 1 heterocycles. The van der Waals surface area contributed by atoms with Crippen molar-refractivity contribution in [2.24, 2.45) is 0 Å². The summed E-state index contributed by atoms with van der Waals surface area (Å²) in [6, 6.07) is 3.40. The van der Waals surface area contributed by atoms with Crippen LogP contribution < -0.4 is 0 Å². The molecule has 1 aromatic carbocycles. The lowest BCUT2D eigenvalue weighted by Crippen LogP contribution is -1.85. The molecule has 0 N–H and O–H groups in total. The summed E-state index contributed by atoms with van der Waals surface area (Å²) in [5.74, 6) is 1.34. The van der Waals surface area contributed by atoms with Crippen LogP contribution in [-0.2, 0) is 6.42 Å². The van der Waals surface area contributed by atoms with E-state index in [4.69, 9.17) is 39.2 Å². The van der Waals surface area contributed by atoms with Gasteiger partial charge in [-0.25, -0.2) is 4.98 Å². The highest BCUT2D eigenvalue weighted by atomic mass is 35.5. The van der Waals surface area contributed by atoms with Crippen LogP contribution in [0.25, 0.3) is 11.1 Å². The van der Waals surface area contributed by atoms with Crippen molar-refractivity contribution in [3.63, 3.8) is 0 Å². The van der Waals surface area contributed by atoms with Crippen molar-refractivity contribution < 1.29 is 4.42 Å². The van der Waals surface area contributed by atoms with Crippen molar-refractivity contribution in [1.29, 1.82) is 0 Å². The first-order valence-corrected chi connectivity index (χ1v) is 6.30. The predicted octanol–water partition coefficient (Wildman–Crippen LogP) is 4.70. The van der Waals surface area contributed by atoms with Crippen LogP contribution in [0.5, 0.6) is 0 Å². The molecule has 0 aliphatic rings. The molecular formula is C11H10Cl3NO. The maximum absolute atomic E-state index is 6.00. The van der Waals surface area contributed by atoms with Crippen molar-refractivity contribution in [2.45, 2.75) is 19.3 Å². The van der Waals surface area contributed by atoms with E-state index < -0.39 is 0 Å². The number of nitrogens with zero attached hydrogens (tertiary/aromatic N) is 1. The number of rotatable bonds is 4. The molecule has 0 saturated heterocycles. The molecular weight excluding hydrogens is 268 g/mol. The molecule has 0 saturated carbocycles. The molecule has 0 atom stereocenters. The first-order valence-electron chi connectivity index (χ1n) is 5.01. The average molecular weight is 279 g/mol. The Morgan fingerprint density at radius 3 is 2.75 bits per heavy atom. The highest BCUT2D eigenvalue weighted by Crippen LogP contribution is 2.28. The highest BCUT2D eigenvalue weighted by Gasteiger charge is 2.10. The Labute approximate surface area is 108 Å². The second kappa shape index (κ2) is 5.26. The van der Waals surface area contributed by atoms with E-state index >= 15 is 0 Å². The number of fused-ring (bicyclic) bond motifs is 1. The highest BCUT2D eigenvalue weighted by molar-refractivity contribution is 6.37. The second-order valence-corrected chi connectivity index (χ2v) is 4.71. The third kappa shape index (κ3) is 2.62. The van der Waals surface area contributed by atoms with Crippen LogP contribution in [0, 0.1) is 0 Å². The van der Waals surface area contributed by atoms with Gasteiger partial charge in [-0.1, -0.05) is 23.2 Å². The Bertz CT molecular complexity index is 495. The van der Waals surface area contributed by atoms with Gasteiger partial charge in [0, 0.05) is 17.3 Å². The summed E-state index contributed by atoms with van der Waals surface area (Å²) < 4.78 is 5.56. The van der Waals surface area contributed by atoms with Crippen molar-refractivity contribution in [1.82, 2.24) is 4.98 Å². The summed E-state index contributed by atoms with van der Waals surface area (Å²) in [5.41, 5.74) is 1.31. The molecule has 0 fully saturated rings. The van der Waals surface area contributed by atoms with Gasteiger partial charge in [0.05, 0.1) is 5.02 Å². The molecule has 86 valence electrons. The Morgan fingerprint density at radius 1 is 1.19 bits per heavy atom. The molecule has 2 rings (SSSR count). The SMILES string of the molecule is ClCCCCc1nc2cc(Cl)cc(Cl)c2o1. The minimum absolute atomic E-state index is 0.499. The molecule has 0 unspecified atom stereocenters. The van der Waals surface area contributed by atoms with Crippen LogP contribution in [-0.4, -0.2) is 10.9 Å². The molecule has 16 heavy (non-hydrogen) atoms. The number of alkyl halides is 1. The third-order valence-electron chi connectivity index (χ3n) is 2.23. The van der Waals surface area contributed by atoms with E-state index in [1.54, 1.807) is 12.1 Å². The Kier molecular flexibility index (Phi) is 3.95. The molecule has 2 aromatic rings. The van der Waals surface area contributed by atoms with Gasteiger partial charge in [0.1, 0.15) is 5.52 Å². The van der Waals surface area contributed by atoms with Crippen molar-refractivity contribution >= 4 is 45.9 Å². The standard InChI is InChI=1S/C11H10Cl3NO/c12-4-2-1-3-10-15-9-6-7(13)5-8(14)11(9)16-10/h5-6H,1-4H2. The second-order valence-electron chi connectivity index (χ2n) is 3.49. The third-order valence-corrected chi connectivity index (χ3v) is 2.99. The number of halogens is 3. The van der Waals surface area contributed by atoms with E-state index in [-0.39, 0.29) is 0 Å². The molecule has 0 bridgehead atoms. The van der Waals surface area contributed by atoms with Crippen LogP contribution >= 0.6 is 34.8 Å². The molecule has 2 nitrogen and oxygen atoms in total. The van der Waals surface area contributed by atoms with Gasteiger partial charge in [-0.05, 0) is 25.0 Å². The zero-order chi connectivity index (χ0) is 11.5. The van der Waals surface area contributed by atoms with Crippen molar-refractivity contribution in [2.75, 3.05) is 5.88 Å². The van der Waals surface area contributed by atoms with Crippen LogP contribution in [0.2, 0.25) is 10.0 Å². The van der Waals surface area contributed by atoms with Gasteiger partial charge in [-0.15, -0.1) is 11.6 Å². The van der Waals surface area contributed by atoms with E-state index in [2.05, 4.69) is 4.98 Å². The number of aryl methyl sites for hydroxylation is 1. The van der Waals surface area contributed by atoms with Crippen molar-refractivity contribution in [3.8, 4) is 0 Å². The number of aromatic nitrogens is 1. The summed E-state index contributed by atoms with van der Waals surface area (Å²) in [6.07, 6.45) is 2.69. The van der Waals surface area contributed by atoms with Gasteiger partial charge >= 0.3 is 0 Å². The predicted molar refractivity (Wildman–Crippen MR) is 67.7 cm³/mol. The summed E-state index contributed by atoms with van der Waals surface area (Å²) in [7, 11) is 0. The van der Waals surface area contributed by atoms with E-state index in [9.17, 15) is 0 Å². The van der Waals surface area contributed by atoms with Gasteiger partial charge in [-0.3, -0.25) is 0 Å². The molecule has 1 aromatic heterocycles. The van der Waals surface area contributed by atoms with E-state index in [1.807, 2.05) is 0 Å². The van der Waals surface area contributed by atoms with Crippen LogP contribution in [0.15, 0.2) is 16.5 Å². The Hall–Kier alpha value is -0.440. The summed E-state index contributed by atoms with van der Waals surface area (Å²) >= 11 is 17.5. The molecule has 0 aliphatic heterocycles. The van der Waals surface area contributed by atoms with Gasteiger partial charge in [0.2, 0.25) is 0 Å². The van der Waals surface area contributed by atoms with E-state index in [1.165, 1.54) is 0 Å². The lowest BCUT2D eigenvalue weighted by molar-refractivity contribution is 0.518. The van der Waals surface area contributed by atoms with Crippen LogP contribution in [0.3, 0.4) is 0 Å². The molecule has 0 amide bonds. The van der Waals surface area contributed by atoms with Gasteiger partial charge in [0.15, 0.2) is 11.5 Å². The molecule has 0 aliphatic carbocycles. The number of benzene rings is 1. The van der Waals surface area contributed by atoms with Gasteiger partial charge < -0.3 is 4.42 Å². The largest absolute Gasteiger partial charge is 0.439 e. The fraction of sp³-hybridized carbons (Fsp3) is 0.364. The van der Waals surface area contributed by atoms with Gasteiger partial charge in [-0.2, -0.15) is 0 Å². The fourth-order valence-corrected chi connectivity index (χ4v) is 2.19. The van der Waals surface area contributed by atoms with E-state index in [0.29, 0.717) is 32.9 Å². The molecule has 5 heteroatoms. The quantitative estimate of drug-likeness (QED) is 0.598. The van der Waals surface area contributed by atoms with Crippen molar-refractivity contribution in [3.05, 3.63) is 28.1 Å². The number of hydrogen-bond donors (Lipinski definition) is 0. The first kappa shape index (κ1) is 12.0. The minimum Gasteiger partial charge on any atom is -0.439 e. The number of unbranched alkanes of at least 4 members (excludes halogenated alkanes) is 1. The summed E-state index contributed by atoms with van der Waals surface area (Å²) in [4.78, 5) is 4.33. The maximum Gasteiger partial charge on any atom is 0.195 e. The summed E-state index contributed by atoms with van der Waals surface area (Å²) in [6.45, 7) is 0. The maximum atomic E-state index is 6.00. The average Bonchev–Trinajstić information content (AvgIpc) is 2.61. The normalized spacial score (nSPS) is 11.2. The van der Waals surface area contributed by atoms with E-state index in [0.717, 1.165) is 19.3 Å². The summed E-state index contributed by atoms with van der Waals surface area (Å²) in [5, 5.41) is 1.07. The zero-order valence-corrected chi connectivity index (χ0v) is 10.7. The number of hydrogen-bond acceptors (Lipinski definition) is 2. The fourth-order valence-electron chi connectivity index (χ4n) is 1.48. The van der Waals surface area contributed by atoms with Crippen LogP contribution in [0.4, 0.5) is 0 Å². The smallest absolute Gasteiger partial charge is 0.195 e. The zero-order valence-electron chi connectivity index (χ0n) is 8.47. The first-order chi connectivity index (χ1) is 7.70. The van der Waals surface area contributed by atoms with Crippen LogP contribution in [0.1, 0.15) is 18.7 Å².